The van der Waals surface area contributed by atoms with Gasteiger partial charge in [0.15, 0.2) is 0 Å². The van der Waals surface area contributed by atoms with Gasteiger partial charge in [0.25, 0.3) is 0 Å². The molecule has 0 saturated carbocycles. The Bertz CT molecular complexity index is 525. The molecule has 26 heavy (non-hydrogen) atoms. The standard InChI is InChI=1S/C9H17N3.C6H9NO.C4H11N.CH4/c1-6(2)8-5-9(10)12(11-8)7(3)4;1-5(2)6(8)3-4-7;1-4(2)3-5;/h5-7H,10H2,1-4H3;5H,3H2,1-2H3;4H,3,5H2,1-2H3;1H4. The third-order valence-corrected chi connectivity index (χ3v) is 3.23. The number of carbonyl (C=O) groups is 1. The second kappa shape index (κ2) is 15.4. The number of Topliss-reactive ketones (excluding diaryl/α,β-unsaturated/α-hetero) is 1. The number of aromatic nitrogens is 2. The first-order valence-corrected chi connectivity index (χ1v) is 8.92. The number of nitrogens with zero attached hydrogens (tertiary/aromatic N) is 3. The zero-order valence-corrected chi connectivity index (χ0v) is 17.2. The second-order valence-corrected chi connectivity index (χ2v) is 7.27. The summed E-state index contributed by atoms with van der Waals surface area (Å²) in [6.07, 6.45) is 0.0532. The highest BCUT2D eigenvalue weighted by atomic mass is 16.1. The van der Waals surface area contributed by atoms with Gasteiger partial charge in [0.1, 0.15) is 11.6 Å². The van der Waals surface area contributed by atoms with E-state index in [4.69, 9.17) is 16.7 Å². The van der Waals surface area contributed by atoms with Crippen LogP contribution in [-0.4, -0.2) is 22.1 Å². The highest BCUT2D eigenvalue weighted by Gasteiger charge is 2.09. The van der Waals surface area contributed by atoms with Crippen molar-refractivity contribution in [2.24, 2.45) is 17.6 Å². The van der Waals surface area contributed by atoms with Crippen LogP contribution < -0.4 is 11.5 Å². The molecule has 1 rings (SSSR count). The summed E-state index contributed by atoms with van der Waals surface area (Å²) in [5.74, 6) is 1.90. The minimum Gasteiger partial charge on any atom is -0.384 e. The molecule has 0 bridgehead atoms. The van der Waals surface area contributed by atoms with Gasteiger partial charge in [-0.05, 0) is 32.2 Å². The fourth-order valence-electron chi connectivity index (χ4n) is 1.41. The lowest BCUT2D eigenvalue weighted by Gasteiger charge is -2.06. The van der Waals surface area contributed by atoms with E-state index in [-0.39, 0.29) is 25.5 Å². The van der Waals surface area contributed by atoms with Gasteiger partial charge < -0.3 is 11.5 Å². The molecule has 0 spiro atoms. The van der Waals surface area contributed by atoms with E-state index in [0.29, 0.717) is 17.9 Å². The van der Waals surface area contributed by atoms with Crippen molar-refractivity contribution < 1.29 is 4.79 Å². The van der Waals surface area contributed by atoms with Crippen molar-refractivity contribution in [3.8, 4) is 6.07 Å². The molecule has 6 nitrogen and oxygen atoms in total. The van der Waals surface area contributed by atoms with Crippen LogP contribution in [0.4, 0.5) is 5.82 Å². The predicted octanol–water partition coefficient (Wildman–Crippen LogP) is 4.53. The lowest BCUT2D eigenvalue weighted by Crippen LogP contribution is -2.07. The Morgan fingerprint density at radius 2 is 1.65 bits per heavy atom. The van der Waals surface area contributed by atoms with Crippen molar-refractivity contribution >= 4 is 11.6 Å². The zero-order chi connectivity index (χ0) is 20.2. The molecule has 0 saturated heterocycles. The summed E-state index contributed by atoms with van der Waals surface area (Å²) in [4.78, 5) is 10.5. The molecule has 152 valence electrons. The molecule has 0 aliphatic rings. The Kier molecular flexibility index (Phi) is 17.1. The van der Waals surface area contributed by atoms with Gasteiger partial charge in [0.05, 0.1) is 18.2 Å². The number of hydrogen-bond acceptors (Lipinski definition) is 5. The summed E-state index contributed by atoms with van der Waals surface area (Å²) in [5.41, 5.74) is 12.0. The number of ketones is 1. The van der Waals surface area contributed by atoms with E-state index in [1.807, 2.05) is 10.7 Å². The Hall–Kier alpha value is -1.87. The van der Waals surface area contributed by atoms with Crippen LogP contribution in [0.15, 0.2) is 6.07 Å². The van der Waals surface area contributed by atoms with Crippen LogP contribution in [0.25, 0.3) is 0 Å². The molecule has 0 atom stereocenters. The minimum atomic E-state index is 0. The molecule has 0 aliphatic carbocycles. The summed E-state index contributed by atoms with van der Waals surface area (Å²) in [5, 5.41) is 12.4. The molecule has 6 heteroatoms. The van der Waals surface area contributed by atoms with E-state index < -0.39 is 0 Å². The number of hydrogen-bond donors (Lipinski definition) is 2. The Balaban J connectivity index is -0.000000330. The number of nitrogen functional groups attached to an aromatic ring is 1. The maximum atomic E-state index is 10.5. The van der Waals surface area contributed by atoms with Crippen molar-refractivity contribution in [2.45, 2.75) is 81.2 Å². The first kappa shape index (κ1) is 28.9. The van der Waals surface area contributed by atoms with Crippen molar-refractivity contribution in [3.05, 3.63) is 11.8 Å². The number of rotatable bonds is 5. The van der Waals surface area contributed by atoms with E-state index in [1.54, 1.807) is 19.9 Å². The molecule has 0 amide bonds. The van der Waals surface area contributed by atoms with Crippen LogP contribution in [0.5, 0.6) is 0 Å². The van der Waals surface area contributed by atoms with Gasteiger partial charge in [-0.3, -0.25) is 4.79 Å². The van der Waals surface area contributed by atoms with Gasteiger partial charge in [-0.25, -0.2) is 4.68 Å². The second-order valence-electron chi connectivity index (χ2n) is 7.27. The van der Waals surface area contributed by atoms with E-state index in [1.165, 1.54) is 0 Å². The van der Waals surface area contributed by atoms with Gasteiger partial charge in [-0.2, -0.15) is 10.4 Å². The van der Waals surface area contributed by atoms with Gasteiger partial charge in [0.2, 0.25) is 0 Å². The smallest absolute Gasteiger partial charge is 0.149 e. The summed E-state index contributed by atoms with van der Waals surface area (Å²) in [6, 6.07) is 4.09. The molecule has 1 aromatic heterocycles. The Morgan fingerprint density at radius 1 is 1.19 bits per heavy atom. The first-order chi connectivity index (χ1) is 11.5. The normalized spacial score (nSPS) is 9.85. The van der Waals surface area contributed by atoms with Crippen LogP contribution in [0, 0.1) is 23.2 Å². The third-order valence-electron chi connectivity index (χ3n) is 3.23. The van der Waals surface area contributed by atoms with Crippen molar-refractivity contribution in [3.63, 3.8) is 0 Å². The van der Waals surface area contributed by atoms with E-state index in [9.17, 15) is 4.79 Å². The molecule has 4 N–H and O–H groups in total. The number of nitrogens with two attached hydrogens (primary N) is 2. The first-order valence-electron chi connectivity index (χ1n) is 8.92. The highest BCUT2D eigenvalue weighted by molar-refractivity contribution is 5.82. The van der Waals surface area contributed by atoms with Crippen LogP contribution in [0.3, 0.4) is 0 Å². The van der Waals surface area contributed by atoms with Crippen molar-refractivity contribution in [1.82, 2.24) is 9.78 Å². The topological polar surface area (TPSA) is 111 Å². The monoisotopic (exact) mass is 367 g/mol. The molecule has 1 heterocycles. The average molecular weight is 368 g/mol. The molecule has 0 radical (unpaired) electrons. The number of nitriles is 1. The van der Waals surface area contributed by atoms with Gasteiger partial charge in [-0.15, -0.1) is 0 Å². The van der Waals surface area contributed by atoms with Gasteiger partial charge in [0, 0.05) is 18.0 Å². The summed E-state index contributed by atoms with van der Waals surface area (Å²) < 4.78 is 1.86. The average Bonchev–Trinajstić information content (AvgIpc) is 2.91. The van der Waals surface area contributed by atoms with E-state index >= 15 is 0 Å². The molecule has 1 aromatic rings. The van der Waals surface area contributed by atoms with Crippen LogP contribution in [-0.2, 0) is 4.79 Å². The largest absolute Gasteiger partial charge is 0.384 e. The van der Waals surface area contributed by atoms with Crippen LogP contribution in [0.1, 0.15) is 86.9 Å². The lowest BCUT2D eigenvalue weighted by atomic mass is 10.1. The molecule has 0 fully saturated rings. The summed E-state index contributed by atoms with van der Waals surface area (Å²) in [6.45, 7) is 17.0. The van der Waals surface area contributed by atoms with Crippen molar-refractivity contribution in [2.75, 3.05) is 12.3 Å². The minimum absolute atomic E-state index is 0. The Morgan fingerprint density at radius 3 is 1.81 bits per heavy atom. The maximum Gasteiger partial charge on any atom is 0.149 e. The summed E-state index contributed by atoms with van der Waals surface area (Å²) in [7, 11) is 0. The van der Waals surface area contributed by atoms with Gasteiger partial charge >= 0.3 is 0 Å². The molecular formula is C20H41N5O. The van der Waals surface area contributed by atoms with E-state index in [2.05, 4.69) is 46.6 Å². The van der Waals surface area contributed by atoms with Crippen LogP contribution >= 0.6 is 0 Å². The molecule has 0 unspecified atom stereocenters. The molecule has 0 aliphatic heterocycles. The fraction of sp³-hybridized carbons (Fsp3) is 0.750. The Labute approximate surface area is 160 Å². The number of anilines is 1. The van der Waals surface area contributed by atoms with Gasteiger partial charge in [-0.1, -0.05) is 49.0 Å². The lowest BCUT2D eigenvalue weighted by molar-refractivity contribution is -0.120. The fourth-order valence-corrected chi connectivity index (χ4v) is 1.41. The predicted molar refractivity (Wildman–Crippen MR) is 112 cm³/mol. The van der Waals surface area contributed by atoms with E-state index in [0.717, 1.165) is 18.1 Å². The zero-order valence-electron chi connectivity index (χ0n) is 17.2. The third kappa shape index (κ3) is 13.4. The maximum absolute atomic E-state index is 10.5. The van der Waals surface area contributed by atoms with Crippen LogP contribution in [0.2, 0.25) is 0 Å². The SMILES string of the molecule is C.CC(C)C(=O)CC#N.CC(C)CN.CC(C)c1cc(N)n(C(C)C)n1. The van der Waals surface area contributed by atoms with Crippen molar-refractivity contribution in [1.29, 1.82) is 5.26 Å². The molecule has 0 aromatic carbocycles. The molecular weight excluding hydrogens is 326 g/mol. The number of carbonyl (C=O) groups excluding carboxylic acids is 1. The highest BCUT2D eigenvalue weighted by Crippen LogP contribution is 2.18. The summed E-state index contributed by atoms with van der Waals surface area (Å²) >= 11 is 0. The quantitative estimate of drug-likeness (QED) is 0.794.